The molecule has 2 N–H and O–H groups in total. The SMILES string of the molecule is CC(C)N1CCOC(C(N)Cc2cccc(Cl)c2F)C1. The van der Waals surface area contributed by atoms with E-state index in [1.165, 1.54) is 0 Å². The summed E-state index contributed by atoms with van der Waals surface area (Å²) in [5, 5.41) is 0.142. The van der Waals surface area contributed by atoms with Crippen molar-refractivity contribution in [2.45, 2.75) is 38.5 Å². The molecule has 20 heavy (non-hydrogen) atoms. The van der Waals surface area contributed by atoms with Crippen molar-refractivity contribution in [3.8, 4) is 0 Å². The molecule has 2 unspecified atom stereocenters. The Kier molecular flexibility index (Phi) is 5.38. The van der Waals surface area contributed by atoms with Gasteiger partial charge in [0.1, 0.15) is 5.82 Å². The molecule has 0 bridgehead atoms. The minimum atomic E-state index is -0.374. The first-order valence-corrected chi connectivity index (χ1v) is 7.41. The van der Waals surface area contributed by atoms with Crippen molar-refractivity contribution in [2.75, 3.05) is 19.7 Å². The monoisotopic (exact) mass is 300 g/mol. The van der Waals surface area contributed by atoms with E-state index in [-0.39, 0.29) is 23.0 Å². The highest BCUT2D eigenvalue weighted by atomic mass is 35.5. The van der Waals surface area contributed by atoms with E-state index >= 15 is 0 Å². The molecule has 0 aromatic heterocycles. The summed E-state index contributed by atoms with van der Waals surface area (Å²) in [5.74, 6) is -0.374. The molecule has 0 spiro atoms. The summed E-state index contributed by atoms with van der Waals surface area (Å²) < 4.78 is 19.6. The fraction of sp³-hybridized carbons (Fsp3) is 0.600. The Morgan fingerprint density at radius 2 is 2.25 bits per heavy atom. The van der Waals surface area contributed by atoms with Crippen molar-refractivity contribution in [1.29, 1.82) is 0 Å². The highest BCUT2D eigenvalue weighted by Crippen LogP contribution is 2.20. The van der Waals surface area contributed by atoms with Gasteiger partial charge in [0.2, 0.25) is 0 Å². The van der Waals surface area contributed by atoms with Crippen LogP contribution in [0.15, 0.2) is 18.2 Å². The molecule has 1 fully saturated rings. The van der Waals surface area contributed by atoms with Crippen molar-refractivity contribution >= 4 is 11.6 Å². The highest BCUT2D eigenvalue weighted by molar-refractivity contribution is 6.30. The van der Waals surface area contributed by atoms with Gasteiger partial charge in [-0.15, -0.1) is 0 Å². The zero-order chi connectivity index (χ0) is 14.7. The van der Waals surface area contributed by atoms with Crippen LogP contribution >= 0.6 is 11.6 Å². The molecule has 5 heteroatoms. The molecule has 1 aliphatic heterocycles. The van der Waals surface area contributed by atoms with Crippen LogP contribution in [-0.4, -0.2) is 42.8 Å². The zero-order valence-electron chi connectivity index (χ0n) is 12.0. The summed E-state index contributed by atoms with van der Waals surface area (Å²) in [6.45, 7) is 6.71. The van der Waals surface area contributed by atoms with Gasteiger partial charge in [-0.1, -0.05) is 23.7 Å². The van der Waals surface area contributed by atoms with E-state index < -0.39 is 0 Å². The lowest BCUT2D eigenvalue weighted by molar-refractivity contribution is -0.0496. The number of hydrogen-bond acceptors (Lipinski definition) is 3. The number of nitrogens with zero attached hydrogens (tertiary/aromatic N) is 1. The summed E-state index contributed by atoms with van der Waals surface area (Å²) in [6.07, 6.45) is 0.368. The Balaban J connectivity index is 2.00. The van der Waals surface area contributed by atoms with E-state index in [1.807, 2.05) is 0 Å². The molecule has 0 radical (unpaired) electrons. The molecule has 2 rings (SSSR count). The fourth-order valence-corrected chi connectivity index (χ4v) is 2.71. The third kappa shape index (κ3) is 3.70. The van der Waals surface area contributed by atoms with Crippen molar-refractivity contribution in [3.05, 3.63) is 34.6 Å². The Labute approximate surface area is 124 Å². The Hall–Kier alpha value is -0.680. The van der Waals surface area contributed by atoms with Crippen LogP contribution in [0.3, 0.4) is 0 Å². The molecule has 1 heterocycles. The third-order valence-corrected chi connectivity index (χ3v) is 4.11. The normalized spacial score (nSPS) is 22.2. The maximum absolute atomic E-state index is 13.9. The number of ether oxygens (including phenoxy) is 1. The Morgan fingerprint density at radius 3 is 2.95 bits per heavy atom. The van der Waals surface area contributed by atoms with E-state index in [1.54, 1.807) is 18.2 Å². The number of halogens is 2. The predicted octanol–water partition coefficient (Wildman–Crippen LogP) is 2.46. The predicted molar refractivity (Wildman–Crippen MR) is 79.5 cm³/mol. The first kappa shape index (κ1) is 15.7. The van der Waals surface area contributed by atoms with Crippen LogP contribution in [0.1, 0.15) is 19.4 Å². The van der Waals surface area contributed by atoms with Gasteiger partial charge in [0, 0.05) is 25.2 Å². The summed E-state index contributed by atoms with van der Waals surface area (Å²) in [4.78, 5) is 2.34. The summed E-state index contributed by atoms with van der Waals surface area (Å²) >= 11 is 5.79. The minimum absolute atomic E-state index is 0.0652. The maximum atomic E-state index is 13.9. The van der Waals surface area contributed by atoms with E-state index in [0.717, 1.165) is 13.1 Å². The highest BCUT2D eigenvalue weighted by Gasteiger charge is 2.27. The van der Waals surface area contributed by atoms with E-state index in [9.17, 15) is 4.39 Å². The molecule has 0 amide bonds. The van der Waals surface area contributed by atoms with Gasteiger partial charge in [-0.3, -0.25) is 4.90 Å². The molecular weight excluding hydrogens is 279 g/mol. The molecule has 0 saturated carbocycles. The molecule has 0 aliphatic carbocycles. The van der Waals surface area contributed by atoms with E-state index in [2.05, 4.69) is 18.7 Å². The number of morpholine rings is 1. The van der Waals surface area contributed by atoms with Crippen molar-refractivity contribution in [3.63, 3.8) is 0 Å². The van der Waals surface area contributed by atoms with Gasteiger partial charge in [0.15, 0.2) is 0 Å². The van der Waals surface area contributed by atoms with Gasteiger partial charge in [0.05, 0.1) is 17.7 Å². The summed E-state index contributed by atoms with van der Waals surface area (Å²) in [7, 11) is 0. The molecule has 1 saturated heterocycles. The average Bonchev–Trinajstić information content (AvgIpc) is 2.44. The smallest absolute Gasteiger partial charge is 0.145 e. The molecule has 2 atom stereocenters. The lowest BCUT2D eigenvalue weighted by atomic mass is 10.00. The van der Waals surface area contributed by atoms with Gasteiger partial charge in [-0.25, -0.2) is 4.39 Å². The molecule has 1 aliphatic rings. The van der Waals surface area contributed by atoms with Crippen molar-refractivity contribution in [1.82, 2.24) is 4.90 Å². The van der Waals surface area contributed by atoms with Crippen LogP contribution in [-0.2, 0) is 11.2 Å². The van der Waals surface area contributed by atoms with Crippen LogP contribution in [0, 0.1) is 5.82 Å². The van der Waals surface area contributed by atoms with Crippen molar-refractivity contribution < 1.29 is 9.13 Å². The van der Waals surface area contributed by atoms with Gasteiger partial charge in [-0.05, 0) is 31.9 Å². The van der Waals surface area contributed by atoms with Crippen LogP contribution < -0.4 is 5.73 Å². The van der Waals surface area contributed by atoms with E-state index in [0.29, 0.717) is 24.6 Å². The van der Waals surface area contributed by atoms with Crippen molar-refractivity contribution in [2.24, 2.45) is 5.73 Å². The Bertz CT molecular complexity index is 455. The van der Waals surface area contributed by atoms with Gasteiger partial charge in [0.25, 0.3) is 0 Å². The van der Waals surface area contributed by atoms with Crippen LogP contribution in [0.2, 0.25) is 5.02 Å². The number of rotatable bonds is 4. The summed E-state index contributed by atoms with van der Waals surface area (Å²) in [5.41, 5.74) is 6.75. The zero-order valence-corrected chi connectivity index (χ0v) is 12.7. The molecule has 3 nitrogen and oxygen atoms in total. The fourth-order valence-electron chi connectivity index (χ4n) is 2.52. The first-order valence-electron chi connectivity index (χ1n) is 7.03. The molecule has 1 aromatic rings. The Morgan fingerprint density at radius 1 is 1.50 bits per heavy atom. The first-order chi connectivity index (χ1) is 9.49. The number of benzene rings is 1. The van der Waals surface area contributed by atoms with Gasteiger partial charge < -0.3 is 10.5 Å². The number of nitrogens with two attached hydrogens (primary N) is 1. The second-order valence-electron chi connectivity index (χ2n) is 5.58. The van der Waals surface area contributed by atoms with Gasteiger partial charge >= 0.3 is 0 Å². The standard InChI is InChI=1S/C15H22ClFN2O/c1-10(2)19-6-7-20-14(9-19)13(18)8-11-4-3-5-12(16)15(11)17/h3-5,10,13-14H,6-9,18H2,1-2H3. The lowest BCUT2D eigenvalue weighted by Gasteiger charge is -2.38. The maximum Gasteiger partial charge on any atom is 0.145 e. The minimum Gasteiger partial charge on any atom is -0.374 e. The third-order valence-electron chi connectivity index (χ3n) is 3.82. The molecule has 1 aromatic carbocycles. The largest absolute Gasteiger partial charge is 0.374 e. The second kappa shape index (κ2) is 6.85. The van der Waals surface area contributed by atoms with Crippen LogP contribution in [0.5, 0.6) is 0 Å². The molecule has 112 valence electrons. The quantitative estimate of drug-likeness (QED) is 0.928. The lowest BCUT2D eigenvalue weighted by Crippen LogP contribution is -2.53. The topological polar surface area (TPSA) is 38.5 Å². The molecular formula is C15H22ClFN2O. The second-order valence-corrected chi connectivity index (χ2v) is 5.99. The number of hydrogen-bond donors (Lipinski definition) is 1. The van der Waals surface area contributed by atoms with Crippen LogP contribution in [0.25, 0.3) is 0 Å². The van der Waals surface area contributed by atoms with Crippen LogP contribution in [0.4, 0.5) is 4.39 Å². The van der Waals surface area contributed by atoms with E-state index in [4.69, 9.17) is 22.1 Å². The van der Waals surface area contributed by atoms with Gasteiger partial charge in [-0.2, -0.15) is 0 Å². The average molecular weight is 301 g/mol. The summed E-state index contributed by atoms with van der Waals surface area (Å²) in [6, 6.07) is 5.25.